The molecule has 1 unspecified atom stereocenters. The first-order valence-corrected chi connectivity index (χ1v) is 11.7. The van der Waals surface area contributed by atoms with E-state index in [2.05, 4.69) is 30.9 Å². The molecular formula is C26H26N8O2. The first-order chi connectivity index (χ1) is 17.3. The number of nitriles is 1. The summed E-state index contributed by atoms with van der Waals surface area (Å²) in [5, 5.41) is 20.5. The fourth-order valence-corrected chi connectivity index (χ4v) is 4.63. The van der Waals surface area contributed by atoms with Crippen molar-refractivity contribution in [3.8, 4) is 23.0 Å². The van der Waals surface area contributed by atoms with Crippen LogP contribution in [0.15, 0.2) is 55.4 Å². The van der Waals surface area contributed by atoms with Gasteiger partial charge in [0.05, 0.1) is 17.0 Å². The molecule has 1 atom stereocenters. The van der Waals surface area contributed by atoms with Gasteiger partial charge < -0.3 is 14.9 Å². The molecule has 1 N–H and O–H groups in total. The van der Waals surface area contributed by atoms with Gasteiger partial charge in [-0.1, -0.05) is 0 Å². The van der Waals surface area contributed by atoms with Gasteiger partial charge in [-0.25, -0.2) is 15.0 Å². The fraction of sp³-hybridized carbons (Fsp3) is 0.308. The van der Waals surface area contributed by atoms with Crippen molar-refractivity contribution >= 4 is 22.8 Å². The SMILES string of the molecule is CC1CN(c2ncnc3c2c(-c2ccncc2)cn3-c2cc(C#N)ccn2)CCN1C(=O)C(C)(C)O. The van der Waals surface area contributed by atoms with Crippen LogP contribution in [0.5, 0.6) is 0 Å². The average molecular weight is 483 g/mol. The minimum Gasteiger partial charge on any atom is -0.381 e. The van der Waals surface area contributed by atoms with Crippen molar-refractivity contribution in [2.45, 2.75) is 32.4 Å². The van der Waals surface area contributed by atoms with Gasteiger partial charge in [-0.3, -0.25) is 14.3 Å². The van der Waals surface area contributed by atoms with E-state index in [1.807, 2.05) is 29.8 Å². The van der Waals surface area contributed by atoms with E-state index in [0.717, 1.165) is 22.3 Å². The number of carbonyl (C=O) groups excluding carboxylic acids is 1. The van der Waals surface area contributed by atoms with Crippen molar-refractivity contribution in [2.24, 2.45) is 0 Å². The number of anilines is 1. The topological polar surface area (TPSA) is 124 Å². The predicted molar refractivity (Wildman–Crippen MR) is 134 cm³/mol. The number of hydrogen-bond acceptors (Lipinski definition) is 8. The standard InChI is InChI=1S/C26H26N8O2/c1-17-14-32(10-11-33(17)25(35)26(2,3)36)23-22-20(19-5-7-28-8-6-19)15-34(24(22)31-16-30-23)21-12-18(13-27)4-9-29-21/h4-9,12,15-17,36H,10-11,14H2,1-3H3. The van der Waals surface area contributed by atoms with Crippen LogP contribution in [0, 0.1) is 11.3 Å². The zero-order valence-corrected chi connectivity index (χ0v) is 20.3. The molecule has 5 heterocycles. The third-order valence-electron chi connectivity index (χ3n) is 6.39. The van der Waals surface area contributed by atoms with Gasteiger partial charge >= 0.3 is 0 Å². The molecule has 1 aliphatic heterocycles. The number of aromatic nitrogens is 5. The molecule has 5 rings (SSSR count). The highest BCUT2D eigenvalue weighted by Crippen LogP contribution is 2.37. The Bertz CT molecular complexity index is 1470. The molecule has 0 aliphatic carbocycles. The molecule has 0 aromatic carbocycles. The number of piperazine rings is 1. The van der Waals surface area contributed by atoms with E-state index in [-0.39, 0.29) is 11.9 Å². The van der Waals surface area contributed by atoms with Gasteiger partial charge in [0.15, 0.2) is 5.65 Å². The average Bonchev–Trinajstić information content (AvgIpc) is 3.28. The molecule has 1 fully saturated rings. The van der Waals surface area contributed by atoms with Crippen molar-refractivity contribution in [1.29, 1.82) is 5.26 Å². The molecule has 182 valence electrons. The molecule has 0 radical (unpaired) electrons. The smallest absolute Gasteiger partial charge is 0.254 e. The number of amides is 1. The maximum Gasteiger partial charge on any atom is 0.254 e. The Morgan fingerprint density at radius 1 is 1.14 bits per heavy atom. The fourth-order valence-electron chi connectivity index (χ4n) is 4.63. The van der Waals surface area contributed by atoms with Crippen molar-refractivity contribution in [1.82, 2.24) is 29.4 Å². The van der Waals surface area contributed by atoms with Gasteiger partial charge in [0.2, 0.25) is 0 Å². The monoisotopic (exact) mass is 482 g/mol. The molecule has 4 aromatic rings. The largest absolute Gasteiger partial charge is 0.381 e. The third kappa shape index (κ3) is 4.14. The quantitative estimate of drug-likeness (QED) is 0.471. The summed E-state index contributed by atoms with van der Waals surface area (Å²) < 4.78 is 1.87. The van der Waals surface area contributed by atoms with E-state index in [9.17, 15) is 15.2 Å². The van der Waals surface area contributed by atoms with Crippen molar-refractivity contribution in [3.63, 3.8) is 0 Å². The zero-order valence-electron chi connectivity index (χ0n) is 20.3. The number of hydrogen-bond donors (Lipinski definition) is 1. The first kappa shape index (κ1) is 23.4. The van der Waals surface area contributed by atoms with Gasteiger partial charge in [-0.2, -0.15) is 5.26 Å². The minimum absolute atomic E-state index is 0.122. The molecule has 36 heavy (non-hydrogen) atoms. The Morgan fingerprint density at radius 2 is 1.92 bits per heavy atom. The van der Waals surface area contributed by atoms with Crippen molar-refractivity contribution in [2.75, 3.05) is 24.5 Å². The Balaban J connectivity index is 1.63. The molecule has 10 heteroatoms. The van der Waals surface area contributed by atoms with Crippen LogP contribution in [0.4, 0.5) is 5.82 Å². The molecule has 4 aromatic heterocycles. The van der Waals surface area contributed by atoms with E-state index >= 15 is 0 Å². The molecule has 0 spiro atoms. The molecule has 0 saturated carbocycles. The molecule has 10 nitrogen and oxygen atoms in total. The summed E-state index contributed by atoms with van der Waals surface area (Å²) in [7, 11) is 0. The van der Waals surface area contributed by atoms with Gasteiger partial charge in [0, 0.05) is 56.0 Å². The highest BCUT2D eigenvalue weighted by atomic mass is 16.3. The highest BCUT2D eigenvalue weighted by Gasteiger charge is 2.36. The van der Waals surface area contributed by atoms with Crippen LogP contribution in [0.3, 0.4) is 0 Å². The van der Waals surface area contributed by atoms with E-state index < -0.39 is 5.60 Å². The number of nitrogens with zero attached hydrogens (tertiary/aromatic N) is 8. The van der Waals surface area contributed by atoms with Crippen LogP contribution in [0.1, 0.15) is 26.3 Å². The lowest BCUT2D eigenvalue weighted by atomic mass is 10.0. The summed E-state index contributed by atoms with van der Waals surface area (Å²) in [6.45, 7) is 6.58. The van der Waals surface area contributed by atoms with Crippen LogP contribution >= 0.6 is 0 Å². The number of aliphatic hydroxyl groups is 1. The van der Waals surface area contributed by atoms with E-state index in [4.69, 9.17) is 0 Å². The zero-order chi connectivity index (χ0) is 25.4. The van der Waals surface area contributed by atoms with Crippen LogP contribution in [0.25, 0.3) is 28.0 Å². The summed E-state index contributed by atoms with van der Waals surface area (Å²) in [5.74, 6) is 1.05. The van der Waals surface area contributed by atoms with Gasteiger partial charge in [0.25, 0.3) is 5.91 Å². The maximum absolute atomic E-state index is 12.7. The molecule has 1 saturated heterocycles. The lowest BCUT2D eigenvalue weighted by Crippen LogP contribution is -2.58. The van der Waals surface area contributed by atoms with Crippen LogP contribution in [-0.4, -0.2) is 71.7 Å². The maximum atomic E-state index is 12.7. The highest BCUT2D eigenvalue weighted by molar-refractivity contribution is 6.02. The number of carbonyl (C=O) groups is 1. The molecule has 1 amide bonds. The second-order valence-electron chi connectivity index (χ2n) is 9.41. The summed E-state index contributed by atoms with van der Waals surface area (Å²) in [6, 6.07) is 9.28. The third-order valence-corrected chi connectivity index (χ3v) is 6.39. The molecular weight excluding hydrogens is 456 g/mol. The Hall–Kier alpha value is -4.36. The summed E-state index contributed by atoms with van der Waals surface area (Å²) >= 11 is 0. The normalized spacial score (nSPS) is 16.2. The van der Waals surface area contributed by atoms with Crippen molar-refractivity contribution in [3.05, 3.63) is 60.9 Å². The lowest BCUT2D eigenvalue weighted by Gasteiger charge is -2.42. The van der Waals surface area contributed by atoms with Crippen LogP contribution in [-0.2, 0) is 4.79 Å². The Labute approximate surface area is 208 Å². The molecule has 0 bridgehead atoms. The second-order valence-corrected chi connectivity index (χ2v) is 9.41. The second kappa shape index (κ2) is 9.02. The van der Waals surface area contributed by atoms with Crippen LogP contribution < -0.4 is 4.90 Å². The van der Waals surface area contributed by atoms with Crippen molar-refractivity contribution < 1.29 is 9.90 Å². The first-order valence-electron chi connectivity index (χ1n) is 11.7. The number of fused-ring (bicyclic) bond motifs is 1. The Morgan fingerprint density at radius 3 is 2.61 bits per heavy atom. The number of pyridine rings is 2. The van der Waals surface area contributed by atoms with Crippen LogP contribution in [0.2, 0.25) is 0 Å². The van der Waals surface area contributed by atoms with E-state index in [1.165, 1.54) is 20.2 Å². The minimum atomic E-state index is -1.42. The van der Waals surface area contributed by atoms with Gasteiger partial charge in [-0.05, 0) is 50.6 Å². The van der Waals surface area contributed by atoms with Gasteiger partial charge in [0.1, 0.15) is 23.6 Å². The molecule has 1 aliphatic rings. The summed E-state index contributed by atoms with van der Waals surface area (Å²) in [5.41, 5.74) is 1.61. The van der Waals surface area contributed by atoms with E-state index in [1.54, 1.807) is 35.6 Å². The van der Waals surface area contributed by atoms with E-state index in [0.29, 0.717) is 36.7 Å². The lowest BCUT2D eigenvalue weighted by molar-refractivity contribution is -0.150. The summed E-state index contributed by atoms with van der Waals surface area (Å²) in [6.07, 6.45) is 8.56. The van der Waals surface area contributed by atoms with Gasteiger partial charge in [-0.15, -0.1) is 0 Å². The predicted octanol–water partition coefficient (Wildman–Crippen LogP) is 2.56. The number of rotatable bonds is 4. The Kier molecular flexibility index (Phi) is 5.86. The summed E-state index contributed by atoms with van der Waals surface area (Å²) in [4.78, 5) is 34.5.